The number of H-pyrrole nitrogens is 1. The van der Waals surface area contributed by atoms with Gasteiger partial charge in [-0.1, -0.05) is 0 Å². The van der Waals surface area contributed by atoms with Crippen molar-refractivity contribution in [3.8, 4) is 0 Å². The molecule has 4 rings (SSSR count). The molecule has 0 aromatic carbocycles. The smallest absolute Gasteiger partial charge is 0.274 e. The number of nitrogens with zero attached hydrogens (tertiary/aromatic N) is 2. The van der Waals surface area contributed by atoms with Crippen LogP contribution in [0.4, 0.5) is 0 Å². The summed E-state index contributed by atoms with van der Waals surface area (Å²) in [6.07, 6.45) is 5.75. The van der Waals surface area contributed by atoms with Crippen LogP contribution in [0.25, 0.3) is 11.0 Å². The molecule has 7 nitrogen and oxygen atoms in total. The Kier molecular flexibility index (Phi) is 4.11. The van der Waals surface area contributed by atoms with Crippen LogP contribution in [0.2, 0.25) is 0 Å². The molecule has 7 heteroatoms. The monoisotopic (exact) mass is 344 g/mol. The van der Waals surface area contributed by atoms with Crippen LogP contribution >= 0.6 is 0 Å². The number of aromatic amines is 1. The van der Waals surface area contributed by atoms with Gasteiger partial charge in [0.05, 0.1) is 10.9 Å². The van der Waals surface area contributed by atoms with E-state index in [2.05, 4.69) is 15.4 Å². The van der Waals surface area contributed by atoms with Gasteiger partial charge >= 0.3 is 0 Å². The molecule has 2 aromatic heterocycles. The maximum absolute atomic E-state index is 12.9. The second-order valence-corrected chi connectivity index (χ2v) is 7.44. The first-order chi connectivity index (χ1) is 12.1. The van der Waals surface area contributed by atoms with Crippen molar-refractivity contribution in [1.82, 2.24) is 20.1 Å². The molecule has 0 atom stereocenters. The van der Waals surface area contributed by atoms with Crippen LogP contribution in [0.5, 0.6) is 0 Å². The zero-order valence-corrected chi connectivity index (χ0v) is 14.4. The minimum Gasteiger partial charge on any atom is -0.396 e. The highest BCUT2D eigenvalue weighted by molar-refractivity contribution is 6.05. The van der Waals surface area contributed by atoms with E-state index in [1.54, 1.807) is 17.8 Å². The van der Waals surface area contributed by atoms with Gasteiger partial charge in [-0.2, -0.15) is 0 Å². The van der Waals surface area contributed by atoms with Crippen LogP contribution in [-0.4, -0.2) is 38.4 Å². The molecule has 0 aliphatic heterocycles. The van der Waals surface area contributed by atoms with E-state index >= 15 is 0 Å². The van der Waals surface area contributed by atoms with Crippen molar-refractivity contribution in [2.75, 3.05) is 6.61 Å². The minimum absolute atomic E-state index is 0.102. The molecule has 134 valence electrons. The van der Waals surface area contributed by atoms with E-state index in [9.17, 15) is 14.7 Å². The summed E-state index contributed by atoms with van der Waals surface area (Å²) in [6.45, 7) is 0.218. The molecule has 2 fully saturated rings. The fourth-order valence-electron chi connectivity index (χ4n) is 3.80. The second-order valence-electron chi connectivity index (χ2n) is 7.44. The number of fused-ring (bicyclic) bond motifs is 1. The van der Waals surface area contributed by atoms with Crippen molar-refractivity contribution in [3.05, 3.63) is 27.7 Å². The Balaban J connectivity index is 1.63. The molecule has 3 N–H and O–H groups in total. The summed E-state index contributed by atoms with van der Waals surface area (Å²) in [6, 6.07) is 1.90. The zero-order valence-electron chi connectivity index (χ0n) is 14.4. The molecule has 0 spiro atoms. The van der Waals surface area contributed by atoms with Crippen molar-refractivity contribution in [1.29, 1.82) is 0 Å². The molecular weight excluding hydrogens is 320 g/mol. The molecule has 0 bridgehead atoms. The lowest BCUT2D eigenvalue weighted by atomic mass is 9.86. The fraction of sp³-hybridized carbons (Fsp3) is 0.611. The number of hydrogen-bond donors (Lipinski definition) is 3. The van der Waals surface area contributed by atoms with Crippen LogP contribution in [0, 0.1) is 5.92 Å². The Morgan fingerprint density at radius 3 is 2.68 bits per heavy atom. The Morgan fingerprint density at radius 2 is 2.04 bits per heavy atom. The molecule has 2 aliphatic carbocycles. The van der Waals surface area contributed by atoms with Gasteiger partial charge in [0, 0.05) is 31.3 Å². The van der Waals surface area contributed by atoms with Gasteiger partial charge in [-0.15, -0.1) is 0 Å². The predicted octanol–water partition coefficient (Wildman–Crippen LogP) is 1.42. The van der Waals surface area contributed by atoms with Crippen molar-refractivity contribution in [2.24, 2.45) is 13.0 Å². The number of rotatable bonds is 4. The number of nitrogens with one attached hydrogen (secondary N) is 2. The first kappa shape index (κ1) is 16.3. The van der Waals surface area contributed by atoms with Gasteiger partial charge < -0.3 is 10.4 Å². The maximum atomic E-state index is 12.9. The molecule has 0 unspecified atom stereocenters. The molecule has 2 aromatic rings. The highest BCUT2D eigenvalue weighted by Crippen LogP contribution is 2.40. The third kappa shape index (κ3) is 3.08. The van der Waals surface area contributed by atoms with Gasteiger partial charge in [-0.05, 0) is 50.5 Å². The number of aliphatic hydroxyl groups excluding tert-OH is 1. The number of carbonyl (C=O) groups excluding carboxylic acids is 1. The van der Waals surface area contributed by atoms with Gasteiger partial charge in [0.15, 0.2) is 5.65 Å². The van der Waals surface area contributed by atoms with E-state index in [0.717, 1.165) is 44.2 Å². The van der Waals surface area contributed by atoms with Gasteiger partial charge in [-0.25, -0.2) is 4.98 Å². The number of aliphatic hydroxyl groups is 1. The van der Waals surface area contributed by atoms with Crippen molar-refractivity contribution >= 4 is 16.9 Å². The van der Waals surface area contributed by atoms with Crippen LogP contribution in [0.3, 0.4) is 0 Å². The van der Waals surface area contributed by atoms with Crippen LogP contribution in [-0.2, 0) is 7.05 Å². The highest BCUT2D eigenvalue weighted by atomic mass is 16.3. The third-order valence-electron chi connectivity index (χ3n) is 5.51. The van der Waals surface area contributed by atoms with Crippen molar-refractivity contribution < 1.29 is 9.90 Å². The van der Waals surface area contributed by atoms with Crippen molar-refractivity contribution in [2.45, 2.75) is 50.5 Å². The topological polar surface area (TPSA) is 100 Å². The normalized spacial score (nSPS) is 23.8. The third-order valence-corrected chi connectivity index (χ3v) is 5.51. The van der Waals surface area contributed by atoms with E-state index in [-0.39, 0.29) is 24.1 Å². The van der Waals surface area contributed by atoms with Crippen LogP contribution < -0.4 is 10.9 Å². The molecule has 25 heavy (non-hydrogen) atoms. The van der Waals surface area contributed by atoms with Gasteiger partial charge in [-0.3, -0.25) is 19.4 Å². The SMILES string of the molecule is Cn1[nH]c(=O)c2c(C(=O)NC3CCC(CO)CC3)cc(C3CC3)nc21. The number of pyridine rings is 1. The molecule has 2 saturated carbocycles. The number of carbonyl (C=O) groups is 1. The predicted molar refractivity (Wildman–Crippen MR) is 93.6 cm³/mol. The standard InChI is InChI=1S/C18H24N4O3/c1-22-16-15(18(25)21-22)13(8-14(20-16)11-4-5-11)17(24)19-12-6-2-10(9-23)3-7-12/h8,10-12,23H,2-7,9H2,1H3,(H,19,24)(H,21,25). The Hall–Kier alpha value is -2.15. The summed E-state index contributed by atoms with van der Waals surface area (Å²) in [5.74, 6) is 0.554. The number of amides is 1. The molecular formula is C18H24N4O3. The zero-order chi connectivity index (χ0) is 17.6. The van der Waals surface area contributed by atoms with Gasteiger partial charge in [0.1, 0.15) is 0 Å². The lowest BCUT2D eigenvalue weighted by molar-refractivity contribution is 0.0915. The van der Waals surface area contributed by atoms with E-state index in [1.807, 2.05) is 0 Å². The first-order valence-electron chi connectivity index (χ1n) is 9.08. The second kappa shape index (κ2) is 6.29. The average molecular weight is 344 g/mol. The Labute approximate surface area is 145 Å². The lowest BCUT2D eigenvalue weighted by Gasteiger charge is -2.28. The quantitative estimate of drug-likeness (QED) is 0.781. The summed E-state index contributed by atoms with van der Waals surface area (Å²) < 4.78 is 1.59. The molecule has 0 radical (unpaired) electrons. The average Bonchev–Trinajstić information content (AvgIpc) is 3.42. The Bertz CT molecular complexity index is 857. The number of hydrogen-bond acceptors (Lipinski definition) is 4. The summed E-state index contributed by atoms with van der Waals surface area (Å²) in [4.78, 5) is 29.7. The molecule has 2 heterocycles. The van der Waals surface area contributed by atoms with E-state index in [1.165, 1.54) is 0 Å². The van der Waals surface area contributed by atoms with E-state index in [4.69, 9.17) is 0 Å². The largest absolute Gasteiger partial charge is 0.396 e. The van der Waals surface area contributed by atoms with Gasteiger partial charge in [0.25, 0.3) is 11.5 Å². The van der Waals surface area contributed by atoms with Crippen molar-refractivity contribution in [3.63, 3.8) is 0 Å². The minimum atomic E-state index is -0.276. The molecule has 0 saturated heterocycles. The summed E-state index contributed by atoms with van der Waals surface area (Å²) in [7, 11) is 1.74. The fourth-order valence-corrected chi connectivity index (χ4v) is 3.80. The highest BCUT2D eigenvalue weighted by Gasteiger charge is 2.29. The van der Waals surface area contributed by atoms with E-state index < -0.39 is 0 Å². The first-order valence-corrected chi connectivity index (χ1v) is 9.08. The van der Waals surface area contributed by atoms with E-state index in [0.29, 0.717) is 28.4 Å². The van der Waals surface area contributed by atoms with Crippen LogP contribution in [0.15, 0.2) is 10.9 Å². The van der Waals surface area contributed by atoms with Crippen LogP contribution in [0.1, 0.15) is 60.5 Å². The van der Waals surface area contributed by atoms with Gasteiger partial charge in [0.2, 0.25) is 0 Å². The summed E-state index contributed by atoms with van der Waals surface area (Å²) in [5, 5.41) is 15.4. The number of aryl methyl sites for hydroxylation is 1. The Morgan fingerprint density at radius 1 is 1.32 bits per heavy atom. The lowest BCUT2D eigenvalue weighted by Crippen LogP contribution is -2.38. The summed E-state index contributed by atoms with van der Waals surface area (Å²) >= 11 is 0. The maximum Gasteiger partial charge on any atom is 0.274 e. The molecule has 2 aliphatic rings. The molecule has 1 amide bonds. The summed E-state index contributed by atoms with van der Waals surface area (Å²) in [5.41, 5.74) is 1.60. The number of aromatic nitrogens is 3.